The fourth-order valence-corrected chi connectivity index (χ4v) is 1.11. The highest BCUT2D eigenvalue weighted by Crippen LogP contribution is 2.00. The van der Waals surface area contributed by atoms with Crippen LogP contribution in [0.15, 0.2) is 31.0 Å². The van der Waals surface area contributed by atoms with Gasteiger partial charge in [0.25, 0.3) is 11.8 Å². The molecule has 0 saturated carbocycles. The van der Waals surface area contributed by atoms with Crippen LogP contribution in [-0.4, -0.2) is 31.7 Å². The molecule has 0 atom stereocenters. The Balaban J connectivity index is 2.12. The predicted molar refractivity (Wildman–Crippen MR) is 56.5 cm³/mol. The van der Waals surface area contributed by atoms with E-state index in [0.717, 1.165) is 0 Å². The van der Waals surface area contributed by atoms with E-state index in [4.69, 9.17) is 5.73 Å². The molecule has 2 rings (SSSR count). The first-order chi connectivity index (χ1) is 8.16. The number of nitrogens with two attached hydrogens (primary N) is 1. The minimum atomic E-state index is -0.643. The van der Waals surface area contributed by atoms with E-state index >= 15 is 0 Å². The van der Waals surface area contributed by atoms with Gasteiger partial charge >= 0.3 is 0 Å². The van der Waals surface area contributed by atoms with Gasteiger partial charge in [0.05, 0.1) is 5.56 Å². The monoisotopic (exact) mass is 232 g/mol. The molecule has 86 valence electrons. The molecule has 0 fully saturated rings. The third-order valence-corrected chi connectivity index (χ3v) is 1.93. The molecule has 0 saturated heterocycles. The first-order valence-electron chi connectivity index (χ1n) is 4.58. The Morgan fingerprint density at radius 1 is 1.24 bits per heavy atom. The van der Waals surface area contributed by atoms with Gasteiger partial charge in [-0.15, -0.1) is 10.2 Å². The fraction of sp³-hybridized carbons (Fsp3) is 0. The number of hydrogen-bond acceptors (Lipinski definition) is 5. The van der Waals surface area contributed by atoms with Gasteiger partial charge in [0.1, 0.15) is 18.3 Å². The van der Waals surface area contributed by atoms with Crippen LogP contribution in [0.5, 0.6) is 0 Å². The van der Waals surface area contributed by atoms with Gasteiger partial charge in [-0.1, -0.05) is 0 Å². The van der Waals surface area contributed by atoms with E-state index in [1.54, 1.807) is 0 Å². The van der Waals surface area contributed by atoms with Crippen LogP contribution in [0, 0.1) is 0 Å². The van der Waals surface area contributed by atoms with Crippen molar-refractivity contribution in [2.24, 2.45) is 5.73 Å². The van der Waals surface area contributed by atoms with Crippen molar-refractivity contribution < 1.29 is 9.59 Å². The Morgan fingerprint density at radius 3 is 2.47 bits per heavy atom. The maximum atomic E-state index is 11.6. The number of rotatable bonds is 3. The van der Waals surface area contributed by atoms with E-state index in [-0.39, 0.29) is 5.69 Å². The van der Waals surface area contributed by atoms with Gasteiger partial charge in [0.2, 0.25) is 0 Å². The topological polar surface area (TPSA) is 116 Å². The molecule has 2 aromatic heterocycles. The van der Waals surface area contributed by atoms with Crippen LogP contribution in [0.4, 0.5) is 0 Å². The average molecular weight is 232 g/mol. The van der Waals surface area contributed by atoms with Crippen molar-refractivity contribution in [2.45, 2.75) is 0 Å². The zero-order valence-electron chi connectivity index (χ0n) is 8.57. The highest BCUT2D eigenvalue weighted by atomic mass is 16.2. The van der Waals surface area contributed by atoms with E-state index in [9.17, 15) is 9.59 Å². The van der Waals surface area contributed by atoms with Gasteiger partial charge in [-0.05, 0) is 12.1 Å². The summed E-state index contributed by atoms with van der Waals surface area (Å²) in [5.41, 5.74) is 7.91. The number of aromatic nitrogens is 4. The van der Waals surface area contributed by atoms with E-state index in [1.807, 2.05) is 0 Å². The van der Waals surface area contributed by atoms with Gasteiger partial charge in [0.15, 0.2) is 0 Å². The summed E-state index contributed by atoms with van der Waals surface area (Å²) in [6.07, 6.45) is 3.94. The summed E-state index contributed by atoms with van der Waals surface area (Å²) in [7, 11) is 0. The number of primary amides is 1. The molecule has 0 unspecified atom stereocenters. The summed E-state index contributed by atoms with van der Waals surface area (Å²) in [6.45, 7) is 0. The molecule has 8 nitrogen and oxygen atoms in total. The molecule has 2 aromatic rings. The number of carbonyl (C=O) groups excluding carboxylic acids is 2. The summed E-state index contributed by atoms with van der Waals surface area (Å²) in [4.78, 5) is 26.2. The molecule has 0 aliphatic rings. The zero-order chi connectivity index (χ0) is 12.3. The van der Waals surface area contributed by atoms with Gasteiger partial charge in [-0.25, -0.2) is 4.68 Å². The van der Waals surface area contributed by atoms with Crippen molar-refractivity contribution in [3.63, 3.8) is 0 Å². The molecule has 2 heterocycles. The molecule has 8 heteroatoms. The van der Waals surface area contributed by atoms with Crippen molar-refractivity contribution in [1.29, 1.82) is 0 Å². The molecule has 17 heavy (non-hydrogen) atoms. The first-order valence-corrected chi connectivity index (χ1v) is 4.58. The zero-order valence-corrected chi connectivity index (χ0v) is 8.57. The second-order valence-electron chi connectivity index (χ2n) is 3.11. The number of carbonyl (C=O) groups is 2. The van der Waals surface area contributed by atoms with Crippen LogP contribution in [0.2, 0.25) is 0 Å². The molecule has 3 N–H and O–H groups in total. The minimum Gasteiger partial charge on any atom is -0.364 e. The van der Waals surface area contributed by atoms with Crippen LogP contribution >= 0.6 is 0 Å². The van der Waals surface area contributed by atoms with Crippen molar-refractivity contribution in [3.8, 4) is 0 Å². The lowest BCUT2D eigenvalue weighted by Gasteiger charge is -2.04. The van der Waals surface area contributed by atoms with Crippen LogP contribution in [0.25, 0.3) is 0 Å². The molecular formula is C9H8N6O2. The molecular weight excluding hydrogens is 224 g/mol. The Morgan fingerprint density at radius 2 is 1.94 bits per heavy atom. The molecule has 2 amide bonds. The molecule has 0 radical (unpaired) electrons. The van der Waals surface area contributed by atoms with Crippen LogP contribution in [0.3, 0.4) is 0 Å². The lowest BCUT2D eigenvalue weighted by Crippen LogP contribution is -2.22. The third-order valence-electron chi connectivity index (χ3n) is 1.93. The van der Waals surface area contributed by atoms with Gasteiger partial charge in [0, 0.05) is 6.20 Å². The minimum absolute atomic E-state index is 0.103. The standard InChI is InChI=1S/C9H8N6O2/c10-8(16)7-2-1-6(3-11-7)9(17)14-15-4-12-13-5-15/h1-5H,(H2,10,16)(H,14,17). The maximum Gasteiger partial charge on any atom is 0.271 e. The molecule has 0 aliphatic carbocycles. The SMILES string of the molecule is NC(=O)c1ccc(C(=O)Nn2cnnc2)cn1. The van der Waals surface area contributed by atoms with Crippen LogP contribution in [-0.2, 0) is 0 Å². The number of amides is 2. The maximum absolute atomic E-state index is 11.6. The molecule has 0 spiro atoms. The molecule has 0 aromatic carbocycles. The number of pyridine rings is 1. The largest absolute Gasteiger partial charge is 0.364 e. The Labute approximate surface area is 95.4 Å². The Hall–Kier alpha value is -2.77. The van der Waals surface area contributed by atoms with Gasteiger partial charge < -0.3 is 5.73 Å². The summed E-state index contributed by atoms with van der Waals surface area (Å²) < 4.78 is 1.30. The predicted octanol–water partition coefficient (Wildman–Crippen LogP) is -0.844. The van der Waals surface area contributed by atoms with E-state index < -0.39 is 11.8 Å². The second kappa shape index (κ2) is 4.39. The van der Waals surface area contributed by atoms with Crippen LogP contribution in [0.1, 0.15) is 20.8 Å². The Kier molecular flexibility index (Phi) is 2.77. The lowest BCUT2D eigenvalue weighted by molar-refractivity contribution is 0.0987. The third kappa shape index (κ3) is 2.43. The molecule has 0 bridgehead atoms. The number of nitrogens with zero attached hydrogens (tertiary/aromatic N) is 4. The summed E-state index contributed by atoms with van der Waals surface area (Å²) in [5, 5.41) is 7.06. The van der Waals surface area contributed by atoms with E-state index in [2.05, 4.69) is 20.6 Å². The highest BCUT2D eigenvalue weighted by Gasteiger charge is 2.08. The van der Waals surface area contributed by atoms with Gasteiger partial charge in [-0.3, -0.25) is 20.0 Å². The van der Waals surface area contributed by atoms with Crippen molar-refractivity contribution in [1.82, 2.24) is 19.9 Å². The molecule has 0 aliphatic heterocycles. The average Bonchev–Trinajstić information content (AvgIpc) is 2.82. The summed E-state index contributed by atoms with van der Waals surface area (Å²) >= 11 is 0. The number of nitrogens with one attached hydrogen (secondary N) is 1. The normalized spacial score (nSPS) is 9.88. The summed E-state index contributed by atoms with van der Waals surface area (Å²) in [6, 6.07) is 2.83. The van der Waals surface area contributed by atoms with Crippen LogP contribution < -0.4 is 11.2 Å². The fourth-order valence-electron chi connectivity index (χ4n) is 1.11. The highest BCUT2D eigenvalue weighted by molar-refractivity contribution is 6.00. The number of hydrogen-bond donors (Lipinski definition) is 2. The lowest BCUT2D eigenvalue weighted by atomic mass is 10.2. The van der Waals surface area contributed by atoms with E-state index in [1.165, 1.54) is 35.7 Å². The van der Waals surface area contributed by atoms with E-state index in [0.29, 0.717) is 5.56 Å². The second-order valence-corrected chi connectivity index (χ2v) is 3.11. The first kappa shape index (κ1) is 10.7. The van der Waals surface area contributed by atoms with Crippen molar-refractivity contribution in [3.05, 3.63) is 42.2 Å². The van der Waals surface area contributed by atoms with Crippen molar-refractivity contribution >= 4 is 11.8 Å². The quantitative estimate of drug-likeness (QED) is 0.715. The van der Waals surface area contributed by atoms with Gasteiger partial charge in [-0.2, -0.15) is 0 Å². The summed E-state index contributed by atoms with van der Waals surface area (Å²) in [5.74, 6) is -1.04. The van der Waals surface area contributed by atoms with Crippen molar-refractivity contribution in [2.75, 3.05) is 5.43 Å². The Bertz CT molecular complexity index is 533. The smallest absolute Gasteiger partial charge is 0.271 e.